The van der Waals surface area contributed by atoms with Gasteiger partial charge in [0.1, 0.15) is 0 Å². The van der Waals surface area contributed by atoms with Crippen LogP contribution in [-0.2, 0) is 0 Å². The quantitative estimate of drug-likeness (QED) is 0.581. The van der Waals surface area contributed by atoms with E-state index in [4.69, 9.17) is 0 Å². The van der Waals surface area contributed by atoms with E-state index in [2.05, 4.69) is 27.7 Å². The zero-order valence-corrected chi connectivity index (χ0v) is 9.90. The molecule has 0 aromatic rings. The Hall–Kier alpha value is 0. The number of hydrogen-bond acceptors (Lipinski definition) is 0. The lowest BCUT2D eigenvalue weighted by Gasteiger charge is -2.50. The van der Waals surface area contributed by atoms with Gasteiger partial charge in [-0.3, -0.25) is 0 Å². The Balaban J connectivity index is 2.38. The first-order valence-corrected chi connectivity index (χ1v) is 6.13. The van der Waals surface area contributed by atoms with Gasteiger partial charge < -0.3 is 0 Å². The zero-order chi connectivity index (χ0) is 9.90. The second-order valence-corrected chi connectivity index (χ2v) is 5.41. The van der Waals surface area contributed by atoms with Crippen LogP contribution in [0.1, 0.15) is 66.2 Å². The molecule has 0 heterocycles. The summed E-state index contributed by atoms with van der Waals surface area (Å²) in [5.41, 5.74) is 0.776. The van der Waals surface area contributed by atoms with Gasteiger partial charge in [0.05, 0.1) is 0 Å². The molecule has 0 aromatic heterocycles. The third-order valence-corrected chi connectivity index (χ3v) is 3.89. The summed E-state index contributed by atoms with van der Waals surface area (Å²) >= 11 is 0. The summed E-state index contributed by atoms with van der Waals surface area (Å²) in [6.07, 6.45) is 8.75. The van der Waals surface area contributed by atoms with Crippen molar-refractivity contribution in [2.24, 2.45) is 17.3 Å². The van der Waals surface area contributed by atoms with Gasteiger partial charge in [-0.1, -0.05) is 40.5 Å². The topological polar surface area (TPSA) is 0 Å². The highest BCUT2D eigenvalue weighted by atomic mass is 14.5. The predicted molar refractivity (Wildman–Crippen MR) is 59.8 cm³/mol. The lowest BCUT2D eigenvalue weighted by molar-refractivity contribution is 0.00791. The lowest BCUT2D eigenvalue weighted by Crippen LogP contribution is -2.39. The molecule has 0 radical (unpaired) electrons. The van der Waals surface area contributed by atoms with Gasteiger partial charge in [-0.25, -0.2) is 0 Å². The lowest BCUT2D eigenvalue weighted by atomic mass is 9.55. The minimum atomic E-state index is 0.776. The fourth-order valence-corrected chi connectivity index (χ4v) is 3.12. The van der Waals surface area contributed by atoms with Crippen molar-refractivity contribution >= 4 is 0 Å². The molecule has 1 rings (SSSR count). The van der Waals surface area contributed by atoms with Crippen LogP contribution in [-0.4, -0.2) is 0 Å². The van der Waals surface area contributed by atoms with E-state index >= 15 is 0 Å². The maximum Gasteiger partial charge on any atom is -0.0292 e. The Bertz CT molecular complexity index is 132. The van der Waals surface area contributed by atoms with E-state index < -0.39 is 0 Å². The fourth-order valence-electron chi connectivity index (χ4n) is 3.12. The van der Waals surface area contributed by atoms with Crippen molar-refractivity contribution in [3.8, 4) is 0 Å². The molecule has 1 aliphatic rings. The summed E-state index contributed by atoms with van der Waals surface area (Å²) in [7, 11) is 0. The highest BCUT2D eigenvalue weighted by Crippen LogP contribution is 2.54. The van der Waals surface area contributed by atoms with Crippen molar-refractivity contribution in [3.05, 3.63) is 0 Å². The van der Waals surface area contributed by atoms with Crippen molar-refractivity contribution in [1.29, 1.82) is 0 Å². The highest BCUT2D eigenvalue weighted by molar-refractivity contribution is 4.93. The third kappa shape index (κ3) is 2.48. The predicted octanol–water partition coefficient (Wildman–Crippen LogP) is 4.64. The van der Waals surface area contributed by atoms with Crippen molar-refractivity contribution in [1.82, 2.24) is 0 Å². The van der Waals surface area contributed by atoms with Gasteiger partial charge in [0.2, 0.25) is 0 Å². The Kier molecular flexibility index (Phi) is 3.82. The van der Waals surface area contributed by atoms with E-state index in [0.29, 0.717) is 0 Å². The minimum Gasteiger partial charge on any atom is -0.0654 e. The Morgan fingerprint density at radius 3 is 1.85 bits per heavy atom. The first kappa shape index (κ1) is 11.1. The number of rotatable bonds is 5. The van der Waals surface area contributed by atoms with Gasteiger partial charge in [0.25, 0.3) is 0 Å². The van der Waals surface area contributed by atoms with Crippen LogP contribution in [0, 0.1) is 17.3 Å². The van der Waals surface area contributed by atoms with Crippen molar-refractivity contribution in [2.75, 3.05) is 0 Å². The standard InChI is InChI=1S/C13H26/c1-5-7-13(8-6-2)9-12(10-13)11(3)4/h11-12H,5-10H2,1-4H3. The van der Waals surface area contributed by atoms with Gasteiger partial charge in [-0.2, -0.15) is 0 Å². The molecule has 1 aliphatic carbocycles. The van der Waals surface area contributed by atoms with Gasteiger partial charge >= 0.3 is 0 Å². The molecule has 0 spiro atoms. The van der Waals surface area contributed by atoms with Crippen LogP contribution in [0.5, 0.6) is 0 Å². The molecule has 0 unspecified atom stereocenters. The second kappa shape index (κ2) is 4.48. The van der Waals surface area contributed by atoms with Crippen molar-refractivity contribution in [2.45, 2.75) is 66.2 Å². The SMILES string of the molecule is CCCC1(CCC)CC(C(C)C)C1. The summed E-state index contributed by atoms with van der Waals surface area (Å²) in [6, 6.07) is 0. The largest absolute Gasteiger partial charge is 0.0654 e. The van der Waals surface area contributed by atoms with E-state index in [1.807, 2.05) is 0 Å². The van der Waals surface area contributed by atoms with E-state index in [1.54, 1.807) is 0 Å². The molecule has 0 N–H and O–H groups in total. The van der Waals surface area contributed by atoms with E-state index in [9.17, 15) is 0 Å². The molecule has 0 heteroatoms. The Morgan fingerprint density at radius 1 is 1.08 bits per heavy atom. The highest BCUT2D eigenvalue weighted by Gasteiger charge is 2.43. The van der Waals surface area contributed by atoms with Gasteiger partial charge in [0, 0.05) is 0 Å². The molecule has 13 heavy (non-hydrogen) atoms. The van der Waals surface area contributed by atoms with Crippen LogP contribution in [0.15, 0.2) is 0 Å². The normalized spacial score (nSPS) is 21.9. The Labute approximate surface area is 84.1 Å². The molecule has 0 aliphatic heterocycles. The summed E-state index contributed by atoms with van der Waals surface area (Å²) in [5.74, 6) is 1.96. The van der Waals surface area contributed by atoms with E-state index in [1.165, 1.54) is 38.5 Å². The molecule has 78 valence electrons. The second-order valence-electron chi connectivity index (χ2n) is 5.41. The summed E-state index contributed by atoms with van der Waals surface area (Å²) in [4.78, 5) is 0. The molecule has 1 fully saturated rings. The molecule has 1 saturated carbocycles. The van der Waals surface area contributed by atoms with Crippen LogP contribution in [0.4, 0.5) is 0 Å². The fraction of sp³-hybridized carbons (Fsp3) is 1.00. The van der Waals surface area contributed by atoms with Crippen LogP contribution in [0.25, 0.3) is 0 Å². The first-order chi connectivity index (χ1) is 6.13. The molecule has 0 aromatic carbocycles. The van der Waals surface area contributed by atoms with Crippen LogP contribution in [0.2, 0.25) is 0 Å². The van der Waals surface area contributed by atoms with Gasteiger partial charge in [0.15, 0.2) is 0 Å². The molecular formula is C13H26. The minimum absolute atomic E-state index is 0.776. The van der Waals surface area contributed by atoms with Crippen LogP contribution >= 0.6 is 0 Å². The smallest absolute Gasteiger partial charge is 0.0292 e. The average Bonchev–Trinajstić information content (AvgIpc) is 1.99. The summed E-state index contributed by atoms with van der Waals surface area (Å²) in [5, 5.41) is 0. The monoisotopic (exact) mass is 182 g/mol. The van der Waals surface area contributed by atoms with E-state index in [-0.39, 0.29) is 0 Å². The third-order valence-electron chi connectivity index (χ3n) is 3.89. The maximum atomic E-state index is 2.38. The Morgan fingerprint density at radius 2 is 1.54 bits per heavy atom. The van der Waals surface area contributed by atoms with Crippen molar-refractivity contribution < 1.29 is 0 Å². The molecule has 0 bridgehead atoms. The number of hydrogen-bond donors (Lipinski definition) is 0. The van der Waals surface area contributed by atoms with Crippen molar-refractivity contribution in [3.63, 3.8) is 0 Å². The first-order valence-electron chi connectivity index (χ1n) is 6.13. The molecule has 0 saturated heterocycles. The van der Waals surface area contributed by atoms with Crippen LogP contribution in [0.3, 0.4) is 0 Å². The van der Waals surface area contributed by atoms with Crippen LogP contribution < -0.4 is 0 Å². The van der Waals surface area contributed by atoms with E-state index in [0.717, 1.165) is 17.3 Å². The summed E-state index contributed by atoms with van der Waals surface area (Å²) < 4.78 is 0. The molecule has 0 amide bonds. The van der Waals surface area contributed by atoms with Gasteiger partial charge in [-0.05, 0) is 42.9 Å². The maximum absolute atomic E-state index is 2.38. The molecular weight excluding hydrogens is 156 g/mol. The molecule has 0 nitrogen and oxygen atoms in total. The average molecular weight is 182 g/mol. The molecule has 0 atom stereocenters. The van der Waals surface area contributed by atoms with Gasteiger partial charge in [-0.15, -0.1) is 0 Å². The zero-order valence-electron chi connectivity index (χ0n) is 9.90. The summed E-state index contributed by atoms with van der Waals surface area (Å²) in [6.45, 7) is 9.43.